The van der Waals surface area contributed by atoms with Crippen molar-refractivity contribution in [2.45, 2.75) is 37.1 Å². The number of amides is 2. The fraction of sp³-hybridized carbons (Fsp3) is 0.207. The number of aryl methyl sites for hydroxylation is 2. The minimum Gasteiger partial charge on any atom is -0.464 e. The summed E-state index contributed by atoms with van der Waals surface area (Å²) in [5.41, 5.74) is 1.65. The van der Waals surface area contributed by atoms with Crippen LogP contribution in [-0.2, 0) is 41.1 Å². The molecule has 0 aromatic heterocycles. The van der Waals surface area contributed by atoms with Gasteiger partial charge >= 0.3 is 5.97 Å². The molecular weight excluding hydrogens is 504 g/mol. The van der Waals surface area contributed by atoms with Crippen LogP contribution in [0.2, 0.25) is 0 Å². The van der Waals surface area contributed by atoms with Crippen LogP contribution in [0.3, 0.4) is 0 Å². The fourth-order valence-electron chi connectivity index (χ4n) is 5.05. The lowest BCUT2D eigenvalue weighted by Crippen LogP contribution is -2.50. The van der Waals surface area contributed by atoms with Crippen molar-refractivity contribution in [1.29, 1.82) is 0 Å². The van der Waals surface area contributed by atoms with E-state index in [2.05, 4.69) is 0 Å². The molecule has 0 unspecified atom stereocenters. The third-order valence-corrected chi connectivity index (χ3v) is 8.69. The average Bonchev–Trinajstić information content (AvgIpc) is 3.10. The maximum Gasteiger partial charge on any atom is 0.355 e. The van der Waals surface area contributed by atoms with E-state index in [1.807, 2.05) is 49.4 Å². The number of methoxy groups -OCH3 is 1. The number of anilines is 1. The van der Waals surface area contributed by atoms with Crippen LogP contribution in [0.4, 0.5) is 5.69 Å². The van der Waals surface area contributed by atoms with Gasteiger partial charge in [0, 0.05) is 5.69 Å². The van der Waals surface area contributed by atoms with Crippen molar-refractivity contribution < 1.29 is 27.5 Å². The van der Waals surface area contributed by atoms with Gasteiger partial charge < -0.3 is 9.64 Å². The Hall–Kier alpha value is -4.24. The Labute approximate surface area is 221 Å². The van der Waals surface area contributed by atoms with Crippen molar-refractivity contribution >= 4 is 33.5 Å². The van der Waals surface area contributed by atoms with Gasteiger partial charge in [0.15, 0.2) is 0 Å². The Morgan fingerprint density at radius 3 is 2.26 bits per heavy atom. The predicted octanol–water partition coefficient (Wildman–Crippen LogP) is 3.77. The lowest BCUT2D eigenvalue weighted by molar-refractivity contribution is -0.141. The molecule has 0 bridgehead atoms. The van der Waals surface area contributed by atoms with Gasteiger partial charge in [0.2, 0.25) is 11.8 Å². The van der Waals surface area contributed by atoms with Crippen LogP contribution >= 0.6 is 0 Å². The van der Waals surface area contributed by atoms with Crippen molar-refractivity contribution in [2.24, 2.45) is 0 Å². The highest BCUT2D eigenvalue weighted by molar-refractivity contribution is 7.89. The molecule has 2 amide bonds. The van der Waals surface area contributed by atoms with Gasteiger partial charge in [-0.25, -0.2) is 13.2 Å². The number of hydrogen-bond donors (Lipinski definition) is 0. The van der Waals surface area contributed by atoms with Crippen LogP contribution in [0.15, 0.2) is 89.5 Å². The molecule has 0 aliphatic carbocycles. The number of esters is 1. The molecule has 194 valence electrons. The van der Waals surface area contributed by atoms with Gasteiger partial charge in [0.25, 0.3) is 10.0 Å². The number of rotatable bonds is 5. The van der Waals surface area contributed by atoms with E-state index < -0.39 is 45.3 Å². The molecule has 2 aliphatic rings. The van der Waals surface area contributed by atoms with E-state index in [1.54, 1.807) is 30.0 Å². The molecule has 1 spiro atoms. The average molecular weight is 531 g/mol. The monoisotopic (exact) mass is 530 g/mol. The summed E-state index contributed by atoms with van der Waals surface area (Å²) in [6.45, 7) is 3.92. The lowest BCUT2D eigenvalue weighted by atomic mass is 9.75. The van der Waals surface area contributed by atoms with E-state index in [1.165, 1.54) is 18.2 Å². The highest BCUT2D eigenvalue weighted by Crippen LogP contribution is 2.49. The minimum atomic E-state index is -4.45. The van der Waals surface area contributed by atoms with E-state index in [0.717, 1.165) is 23.8 Å². The molecule has 1 atom stereocenters. The topological polar surface area (TPSA) is 101 Å². The first-order chi connectivity index (χ1) is 18.1. The molecule has 38 heavy (non-hydrogen) atoms. The fourth-order valence-corrected chi connectivity index (χ4v) is 6.46. The Morgan fingerprint density at radius 1 is 0.947 bits per heavy atom. The zero-order chi connectivity index (χ0) is 27.2. The second-order valence-corrected chi connectivity index (χ2v) is 11.3. The number of carbonyl (C=O) groups excluding carboxylic acids is 3. The molecule has 2 heterocycles. The van der Waals surface area contributed by atoms with Crippen molar-refractivity contribution in [1.82, 2.24) is 4.31 Å². The van der Waals surface area contributed by atoms with Gasteiger partial charge in [0.1, 0.15) is 11.1 Å². The quantitative estimate of drug-likeness (QED) is 0.466. The number of fused-ring (bicyclic) bond motifs is 2. The molecule has 0 saturated carbocycles. The van der Waals surface area contributed by atoms with E-state index in [4.69, 9.17) is 4.74 Å². The number of nitrogens with zero attached hydrogens (tertiary/aromatic N) is 2. The summed E-state index contributed by atoms with van der Waals surface area (Å²) in [5, 5.41) is 0. The molecule has 0 fully saturated rings. The second-order valence-electron chi connectivity index (χ2n) is 9.54. The highest BCUT2D eigenvalue weighted by atomic mass is 32.2. The summed E-state index contributed by atoms with van der Waals surface area (Å²) < 4.78 is 32.6. The molecule has 2 aliphatic heterocycles. The number of hydrogen-bond acceptors (Lipinski definition) is 6. The third-order valence-electron chi connectivity index (χ3n) is 6.95. The van der Waals surface area contributed by atoms with Crippen molar-refractivity contribution in [2.75, 3.05) is 12.0 Å². The smallest absolute Gasteiger partial charge is 0.355 e. The van der Waals surface area contributed by atoms with Crippen LogP contribution in [0.1, 0.15) is 28.7 Å². The van der Waals surface area contributed by atoms with Crippen LogP contribution in [0.5, 0.6) is 0 Å². The first kappa shape index (κ1) is 25.4. The molecule has 8 nitrogen and oxygen atoms in total. The summed E-state index contributed by atoms with van der Waals surface area (Å²) in [4.78, 5) is 42.2. The van der Waals surface area contributed by atoms with Crippen molar-refractivity contribution in [3.05, 3.63) is 107 Å². The first-order valence-corrected chi connectivity index (χ1v) is 13.5. The van der Waals surface area contributed by atoms with E-state index >= 15 is 0 Å². The number of ether oxygens (including phenoxy) is 1. The minimum absolute atomic E-state index is 0.151. The molecule has 0 saturated heterocycles. The summed E-state index contributed by atoms with van der Waals surface area (Å²) in [7, 11) is -3.35. The summed E-state index contributed by atoms with van der Waals surface area (Å²) in [6, 6.07) is 20.8. The van der Waals surface area contributed by atoms with E-state index in [9.17, 15) is 22.8 Å². The molecule has 3 aromatic carbocycles. The SMILES string of the molecule is COC(=O)C1=C[C@@]2(CC(=O)N1S(=O)(=O)c1ccc(C)cc1)C(=O)N(Cc1ccccc1)c1ccc(C)cc12. The van der Waals surface area contributed by atoms with E-state index in [-0.39, 0.29) is 11.4 Å². The van der Waals surface area contributed by atoms with Gasteiger partial charge in [-0.3, -0.25) is 9.59 Å². The van der Waals surface area contributed by atoms with Gasteiger partial charge in [-0.2, -0.15) is 4.31 Å². The van der Waals surface area contributed by atoms with E-state index in [0.29, 0.717) is 15.6 Å². The molecule has 5 rings (SSSR count). The predicted molar refractivity (Wildman–Crippen MR) is 140 cm³/mol. The van der Waals surface area contributed by atoms with Crippen molar-refractivity contribution in [3.63, 3.8) is 0 Å². The Balaban J connectivity index is 1.69. The number of benzene rings is 3. The van der Waals surface area contributed by atoms with Gasteiger partial charge in [-0.1, -0.05) is 65.7 Å². The molecular formula is C29H26N2O6S. The number of carbonyl (C=O) groups is 3. The van der Waals surface area contributed by atoms with Crippen LogP contribution in [-0.4, -0.2) is 37.6 Å². The van der Waals surface area contributed by atoms with Crippen LogP contribution in [0, 0.1) is 13.8 Å². The summed E-state index contributed by atoms with van der Waals surface area (Å²) >= 11 is 0. The molecule has 9 heteroatoms. The zero-order valence-electron chi connectivity index (χ0n) is 21.2. The Bertz CT molecular complexity index is 1600. The molecule has 0 radical (unpaired) electrons. The Kier molecular flexibility index (Phi) is 6.19. The van der Waals surface area contributed by atoms with Gasteiger partial charge in [-0.15, -0.1) is 0 Å². The Morgan fingerprint density at radius 2 is 1.61 bits per heavy atom. The highest BCUT2D eigenvalue weighted by Gasteiger charge is 2.56. The third kappa shape index (κ3) is 3.99. The maximum atomic E-state index is 14.1. The lowest BCUT2D eigenvalue weighted by Gasteiger charge is -2.35. The van der Waals surface area contributed by atoms with Crippen LogP contribution in [0.25, 0.3) is 0 Å². The largest absolute Gasteiger partial charge is 0.464 e. The van der Waals surface area contributed by atoms with Gasteiger partial charge in [-0.05, 0) is 49.2 Å². The number of sulfonamides is 1. The van der Waals surface area contributed by atoms with Crippen LogP contribution < -0.4 is 4.90 Å². The maximum absolute atomic E-state index is 14.1. The second kappa shape index (κ2) is 9.25. The summed E-state index contributed by atoms with van der Waals surface area (Å²) in [5.74, 6) is -2.34. The normalized spacial score (nSPS) is 19.0. The standard InChI is InChI=1S/C29H26N2O6S/c1-19-9-12-22(13-10-19)38(35,36)31-25(27(33)37-3)16-29(17-26(31)32)23-15-20(2)11-14-24(23)30(28(29)34)18-21-7-5-4-6-8-21/h4-16H,17-18H2,1-3H3/t29-/m0/s1. The van der Waals surface area contributed by atoms with Gasteiger partial charge in [0.05, 0.1) is 25.0 Å². The zero-order valence-corrected chi connectivity index (χ0v) is 22.0. The van der Waals surface area contributed by atoms with Crippen molar-refractivity contribution in [3.8, 4) is 0 Å². The first-order valence-electron chi connectivity index (χ1n) is 12.0. The summed E-state index contributed by atoms with van der Waals surface area (Å²) in [6.07, 6.45) is 0.830. The molecule has 3 aromatic rings. The molecule has 0 N–H and O–H groups in total.